The third-order valence-corrected chi connectivity index (χ3v) is 3.33. The minimum Gasteiger partial charge on any atom is -0.355 e. The third-order valence-electron chi connectivity index (χ3n) is 3.33. The summed E-state index contributed by atoms with van der Waals surface area (Å²) in [5.74, 6) is 0.121. The van der Waals surface area contributed by atoms with Gasteiger partial charge < -0.3 is 11.1 Å². The summed E-state index contributed by atoms with van der Waals surface area (Å²) in [5, 5.41) is 2.99. The van der Waals surface area contributed by atoms with E-state index in [4.69, 9.17) is 5.73 Å². The number of carbonyl (C=O) groups is 1. The molecule has 2 unspecified atom stereocenters. The van der Waals surface area contributed by atoms with Gasteiger partial charge in [0.05, 0.1) is 5.92 Å². The van der Waals surface area contributed by atoms with Crippen molar-refractivity contribution in [1.29, 1.82) is 0 Å². The summed E-state index contributed by atoms with van der Waals surface area (Å²) in [4.78, 5) is 11.7. The number of carbonyl (C=O) groups excluding carboxylic acids is 1. The maximum Gasteiger partial charge on any atom is 0.227 e. The minimum atomic E-state index is -0.00689. The molecule has 0 spiro atoms. The monoisotopic (exact) mass is 220 g/mol. The van der Waals surface area contributed by atoms with Gasteiger partial charge in [0.15, 0.2) is 0 Å². The van der Waals surface area contributed by atoms with E-state index >= 15 is 0 Å². The van der Waals surface area contributed by atoms with Crippen LogP contribution in [0.2, 0.25) is 0 Å². The molecule has 0 bridgehead atoms. The topological polar surface area (TPSA) is 55.1 Å². The first-order valence-electron chi connectivity index (χ1n) is 6.15. The van der Waals surface area contributed by atoms with Crippen LogP contribution in [0.4, 0.5) is 0 Å². The van der Waals surface area contributed by atoms with Crippen molar-refractivity contribution in [3.63, 3.8) is 0 Å². The van der Waals surface area contributed by atoms with Crippen LogP contribution in [0.5, 0.6) is 0 Å². The summed E-state index contributed by atoms with van der Waals surface area (Å²) in [7, 11) is 0. The smallest absolute Gasteiger partial charge is 0.227 e. The summed E-state index contributed by atoms with van der Waals surface area (Å²) in [6.07, 6.45) is 11.6. The predicted molar refractivity (Wildman–Crippen MR) is 64.8 cm³/mol. The molecule has 88 valence electrons. The van der Waals surface area contributed by atoms with Crippen molar-refractivity contribution < 1.29 is 4.79 Å². The van der Waals surface area contributed by atoms with Crippen molar-refractivity contribution in [3.8, 4) is 0 Å². The minimum absolute atomic E-state index is 0.00689. The van der Waals surface area contributed by atoms with Gasteiger partial charge in [-0.3, -0.25) is 4.79 Å². The summed E-state index contributed by atoms with van der Waals surface area (Å²) < 4.78 is 0. The standard InChI is InChI=1S/C13H20N2O/c14-12-6-5-11(9-12)13(16)15-8-7-10-3-1-2-4-10/h3,5-6,11-12H,1-2,4,7-9,14H2,(H,15,16). The van der Waals surface area contributed by atoms with Gasteiger partial charge in [0, 0.05) is 12.6 Å². The van der Waals surface area contributed by atoms with Crippen molar-refractivity contribution in [1.82, 2.24) is 5.32 Å². The van der Waals surface area contributed by atoms with Crippen molar-refractivity contribution in [2.75, 3.05) is 6.54 Å². The van der Waals surface area contributed by atoms with Crippen molar-refractivity contribution in [3.05, 3.63) is 23.8 Å². The molecule has 16 heavy (non-hydrogen) atoms. The van der Waals surface area contributed by atoms with Crippen molar-refractivity contribution in [2.24, 2.45) is 11.7 Å². The van der Waals surface area contributed by atoms with E-state index in [-0.39, 0.29) is 17.9 Å². The molecular formula is C13H20N2O. The molecule has 0 saturated carbocycles. The van der Waals surface area contributed by atoms with Gasteiger partial charge in [0.1, 0.15) is 0 Å². The second-order valence-electron chi connectivity index (χ2n) is 4.69. The Labute approximate surface area is 96.8 Å². The lowest BCUT2D eigenvalue weighted by atomic mass is 10.1. The Morgan fingerprint density at radius 2 is 2.38 bits per heavy atom. The Kier molecular flexibility index (Phi) is 3.78. The Bertz CT molecular complexity index is 320. The van der Waals surface area contributed by atoms with Gasteiger partial charge in [0.25, 0.3) is 0 Å². The Balaban J connectivity index is 1.66. The highest BCUT2D eigenvalue weighted by atomic mass is 16.1. The van der Waals surface area contributed by atoms with Gasteiger partial charge in [-0.2, -0.15) is 0 Å². The normalized spacial score (nSPS) is 28.2. The van der Waals surface area contributed by atoms with E-state index in [1.54, 1.807) is 0 Å². The van der Waals surface area contributed by atoms with Crippen molar-refractivity contribution in [2.45, 2.75) is 38.1 Å². The second-order valence-corrected chi connectivity index (χ2v) is 4.69. The highest BCUT2D eigenvalue weighted by molar-refractivity contribution is 5.81. The van der Waals surface area contributed by atoms with E-state index in [0.29, 0.717) is 0 Å². The summed E-state index contributed by atoms with van der Waals surface area (Å²) in [6.45, 7) is 0.768. The molecule has 2 rings (SSSR count). The lowest BCUT2D eigenvalue weighted by Crippen LogP contribution is -2.31. The molecule has 0 radical (unpaired) electrons. The summed E-state index contributed by atoms with van der Waals surface area (Å²) in [5.41, 5.74) is 7.21. The number of hydrogen-bond donors (Lipinski definition) is 2. The van der Waals surface area contributed by atoms with E-state index in [2.05, 4.69) is 11.4 Å². The van der Waals surface area contributed by atoms with Gasteiger partial charge in [0.2, 0.25) is 5.91 Å². The van der Waals surface area contributed by atoms with Gasteiger partial charge in [-0.05, 0) is 32.1 Å². The maximum absolute atomic E-state index is 11.7. The highest BCUT2D eigenvalue weighted by Gasteiger charge is 2.22. The molecule has 1 amide bonds. The van der Waals surface area contributed by atoms with E-state index in [0.717, 1.165) is 19.4 Å². The summed E-state index contributed by atoms with van der Waals surface area (Å²) in [6, 6.07) is 0.0632. The molecule has 0 heterocycles. The van der Waals surface area contributed by atoms with E-state index in [1.165, 1.54) is 24.8 Å². The number of nitrogens with one attached hydrogen (secondary N) is 1. The zero-order chi connectivity index (χ0) is 11.4. The van der Waals surface area contributed by atoms with Crippen LogP contribution in [-0.2, 0) is 4.79 Å². The molecule has 2 aliphatic carbocycles. The molecule has 0 aromatic rings. The highest BCUT2D eigenvalue weighted by Crippen LogP contribution is 2.20. The van der Waals surface area contributed by atoms with Crippen LogP contribution in [0.15, 0.2) is 23.8 Å². The average molecular weight is 220 g/mol. The number of rotatable bonds is 4. The quantitative estimate of drug-likeness (QED) is 0.706. The molecule has 3 nitrogen and oxygen atoms in total. The van der Waals surface area contributed by atoms with Crippen LogP contribution >= 0.6 is 0 Å². The molecule has 0 fully saturated rings. The largest absolute Gasteiger partial charge is 0.355 e. The second kappa shape index (κ2) is 5.30. The molecule has 0 aromatic heterocycles. The molecule has 3 heteroatoms. The fourth-order valence-corrected chi connectivity index (χ4v) is 2.36. The molecule has 3 N–H and O–H groups in total. The van der Waals surface area contributed by atoms with Crippen LogP contribution in [-0.4, -0.2) is 18.5 Å². The first-order chi connectivity index (χ1) is 7.75. The molecule has 2 aliphatic rings. The van der Waals surface area contributed by atoms with Gasteiger partial charge in [-0.25, -0.2) is 0 Å². The fourth-order valence-electron chi connectivity index (χ4n) is 2.36. The summed E-state index contributed by atoms with van der Waals surface area (Å²) >= 11 is 0. The van der Waals surface area contributed by atoms with E-state index in [9.17, 15) is 4.79 Å². The third kappa shape index (κ3) is 2.95. The average Bonchev–Trinajstić information content (AvgIpc) is 2.89. The molecular weight excluding hydrogens is 200 g/mol. The first kappa shape index (κ1) is 11.4. The molecule has 0 saturated heterocycles. The van der Waals surface area contributed by atoms with Crippen LogP contribution in [0.3, 0.4) is 0 Å². The Morgan fingerprint density at radius 3 is 3.00 bits per heavy atom. The molecule has 0 aliphatic heterocycles. The lowest BCUT2D eigenvalue weighted by Gasteiger charge is -2.10. The molecule has 2 atom stereocenters. The molecule has 0 aromatic carbocycles. The van der Waals surface area contributed by atoms with Crippen molar-refractivity contribution >= 4 is 5.91 Å². The Morgan fingerprint density at radius 1 is 1.50 bits per heavy atom. The maximum atomic E-state index is 11.7. The van der Waals surface area contributed by atoms with Crippen LogP contribution in [0.1, 0.15) is 32.1 Å². The lowest BCUT2D eigenvalue weighted by molar-refractivity contribution is -0.123. The first-order valence-corrected chi connectivity index (χ1v) is 6.15. The number of nitrogens with two attached hydrogens (primary N) is 1. The number of allylic oxidation sites excluding steroid dienone is 1. The Hall–Kier alpha value is -1.09. The van der Waals surface area contributed by atoms with Gasteiger partial charge in [-0.15, -0.1) is 0 Å². The van der Waals surface area contributed by atoms with Crippen LogP contribution in [0, 0.1) is 5.92 Å². The number of hydrogen-bond acceptors (Lipinski definition) is 2. The van der Waals surface area contributed by atoms with Gasteiger partial charge in [-0.1, -0.05) is 23.8 Å². The van der Waals surface area contributed by atoms with Gasteiger partial charge >= 0.3 is 0 Å². The van der Waals surface area contributed by atoms with E-state index < -0.39 is 0 Å². The fraction of sp³-hybridized carbons (Fsp3) is 0.615. The SMILES string of the molecule is NC1C=CC(C(=O)NCCC2=CCCC2)C1. The number of amides is 1. The predicted octanol–water partition coefficient (Wildman–Crippen LogP) is 1.51. The van der Waals surface area contributed by atoms with Crippen LogP contribution in [0.25, 0.3) is 0 Å². The zero-order valence-corrected chi connectivity index (χ0v) is 9.61. The van der Waals surface area contributed by atoms with Crippen LogP contribution < -0.4 is 11.1 Å². The van der Waals surface area contributed by atoms with E-state index in [1.807, 2.05) is 12.2 Å². The zero-order valence-electron chi connectivity index (χ0n) is 9.61.